The number of aliphatic hydroxyl groups excluding tert-OH is 1. The second-order valence-corrected chi connectivity index (χ2v) is 6.68. The summed E-state index contributed by atoms with van der Waals surface area (Å²) in [7, 11) is 2.77. The fourth-order valence-corrected chi connectivity index (χ4v) is 3.36. The van der Waals surface area contributed by atoms with Crippen LogP contribution in [0.5, 0.6) is 11.5 Å². The molecule has 0 aliphatic rings. The zero-order valence-electron chi connectivity index (χ0n) is 15.0. The standard InChI is InChI=1S/C18H21NO6S/c1-10-11(2)26-17(16(10)18(22)24-4)19-15(21)9-25-13-6-5-12(8-20)7-14(13)23-3/h5-7,20H,8-9H2,1-4H3,(H,19,21). The third-order valence-electron chi connectivity index (χ3n) is 3.80. The molecular weight excluding hydrogens is 358 g/mol. The average molecular weight is 379 g/mol. The van der Waals surface area contributed by atoms with Gasteiger partial charge in [0.2, 0.25) is 0 Å². The van der Waals surface area contributed by atoms with Crippen LogP contribution in [0.25, 0.3) is 0 Å². The molecule has 0 atom stereocenters. The number of thiophene rings is 1. The number of methoxy groups -OCH3 is 2. The first-order chi connectivity index (χ1) is 12.4. The summed E-state index contributed by atoms with van der Waals surface area (Å²) < 4.78 is 15.5. The average Bonchev–Trinajstić information content (AvgIpc) is 2.92. The van der Waals surface area contributed by atoms with Crippen LogP contribution in [0.3, 0.4) is 0 Å². The minimum Gasteiger partial charge on any atom is -0.493 e. The first-order valence-corrected chi connectivity index (χ1v) is 8.61. The van der Waals surface area contributed by atoms with Gasteiger partial charge >= 0.3 is 5.97 Å². The highest BCUT2D eigenvalue weighted by molar-refractivity contribution is 7.16. The summed E-state index contributed by atoms with van der Waals surface area (Å²) in [5.41, 5.74) is 1.80. The molecule has 0 spiro atoms. The number of hydrogen-bond donors (Lipinski definition) is 2. The monoisotopic (exact) mass is 379 g/mol. The molecule has 2 aromatic rings. The second kappa shape index (κ2) is 8.68. The Balaban J connectivity index is 2.09. The van der Waals surface area contributed by atoms with Gasteiger partial charge in [-0.25, -0.2) is 4.79 Å². The number of aliphatic hydroxyl groups is 1. The highest BCUT2D eigenvalue weighted by Crippen LogP contribution is 2.33. The third-order valence-corrected chi connectivity index (χ3v) is 4.92. The first kappa shape index (κ1) is 19.7. The van der Waals surface area contributed by atoms with E-state index in [9.17, 15) is 9.59 Å². The number of ether oxygens (including phenoxy) is 3. The van der Waals surface area contributed by atoms with Crippen LogP contribution >= 0.6 is 11.3 Å². The number of amides is 1. The lowest BCUT2D eigenvalue weighted by Crippen LogP contribution is -2.21. The van der Waals surface area contributed by atoms with Crippen molar-refractivity contribution in [2.24, 2.45) is 0 Å². The number of carbonyl (C=O) groups is 2. The molecule has 0 bridgehead atoms. The van der Waals surface area contributed by atoms with E-state index in [1.54, 1.807) is 25.1 Å². The lowest BCUT2D eigenvalue weighted by molar-refractivity contribution is -0.118. The SMILES string of the molecule is COC(=O)c1c(NC(=O)COc2ccc(CO)cc2OC)sc(C)c1C. The number of anilines is 1. The van der Waals surface area contributed by atoms with Gasteiger partial charge in [0.15, 0.2) is 18.1 Å². The largest absolute Gasteiger partial charge is 0.493 e. The minimum absolute atomic E-state index is 0.121. The lowest BCUT2D eigenvalue weighted by atomic mass is 10.1. The molecule has 1 amide bonds. The Bertz CT molecular complexity index is 814. The molecule has 0 unspecified atom stereocenters. The van der Waals surface area contributed by atoms with E-state index in [0.717, 1.165) is 10.4 Å². The molecule has 2 N–H and O–H groups in total. The van der Waals surface area contributed by atoms with Gasteiger partial charge in [-0.15, -0.1) is 11.3 Å². The van der Waals surface area contributed by atoms with Crippen LogP contribution in [0, 0.1) is 13.8 Å². The summed E-state index contributed by atoms with van der Waals surface area (Å²) in [5.74, 6) is -0.108. The first-order valence-electron chi connectivity index (χ1n) is 7.80. The lowest BCUT2D eigenvalue weighted by Gasteiger charge is -2.12. The summed E-state index contributed by atoms with van der Waals surface area (Å²) in [6.07, 6.45) is 0. The van der Waals surface area contributed by atoms with Crippen LogP contribution < -0.4 is 14.8 Å². The normalized spacial score (nSPS) is 10.3. The fourth-order valence-electron chi connectivity index (χ4n) is 2.30. The van der Waals surface area contributed by atoms with Gasteiger partial charge in [0, 0.05) is 4.88 Å². The number of esters is 1. The molecule has 8 heteroatoms. The maximum absolute atomic E-state index is 12.2. The van der Waals surface area contributed by atoms with Crippen molar-refractivity contribution >= 4 is 28.2 Å². The number of hydrogen-bond acceptors (Lipinski definition) is 7. The Kier molecular flexibility index (Phi) is 6.59. The van der Waals surface area contributed by atoms with Crippen LogP contribution in [0.1, 0.15) is 26.4 Å². The Morgan fingerprint density at radius 1 is 1.19 bits per heavy atom. The van der Waals surface area contributed by atoms with Crippen molar-refractivity contribution in [3.05, 3.63) is 39.8 Å². The summed E-state index contributed by atoms with van der Waals surface area (Å²) in [6.45, 7) is 3.29. The summed E-state index contributed by atoms with van der Waals surface area (Å²) in [5, 5.41) is 12.3. The fraction of sp³-hybridized carbons (Fsp3) is 0.333. The predicted octanol–water partition coefficient (Wildman–Crippen LogP) is 2.67. The zero-order valence-corrected chi connectivity index (χ0v) is 15.9. The quantitative estimate of drug-likeness (QED) is 0.719. The van der Waals surface area contributed by atoms with Crippen molar-refractivity contribution < 1.29 is 28.9 Å². The number of benzene rings is 1. The molecule has 140 valence electrons. The van der Waals surface area contributed by atoms with Gasteiger partial charge in [-0.1, -0.05) is 6.07 Å². The van der Waals surface area contributed by atoms with Gasteiger partial charge in [0.05, 0.1) is 26.4 Å². The van der Waals surface area contributed by atoms with E-state index in [2.05, 4.69) is 5.32 Å². The predicted molar refractivity (Wildman–Crippen MR) is 98.2 cm³/mol. The van der Waals surface area contributed by atoms with Crippen LogP contribution in [0.2, 0.25) is 0 Å². The van der Waals surface area contributed by atoms with Gasteiger partial charge in [-0.3, -0.25) is 4.79 Å². The van der Waals surface area contributed by atoms with Crippen LogP contribution in [0.15, 0.2) is 18.2 Å². The second-order valence-electron chi connectivity index (χ2n) is 5.46. The van der Waals surface area contributed by atoms with Gasteiger partial charge < -0.3 is 24.6 Å². The van der Waals surface area contributed by atoms with E-state index in [4.69, 9.17) is 19.3 Å². The highest BCUT2D eigenvalue weighted by atomic mass is 32.1. The molecule has 0 saturated carbocycles. The molecule has 1 aromatic heterocycles. The van der Waals surface area contributed by atoms with E-state index in [0.29, 0.717) is 27.6 Å². The third kappa shape index (κ3) is 4.33. The molecule has 0 aliphatic carbocycles. The Morgan fingerprint density at radius 3 is 2.54 bits per heavy atom. The van der Waals surface area contributed by atoms with E-state index in [1.165, 1.54) is 25.6 Å². The van der Waals surface area contributed by atoms with Crippen molar-refractivity contribution in [1.82, 2.24) is 0 Å². The molecule has 1 aromatic carbocycles. The molecule has 2 rings (SSSR count). The summed E-state index contributed by atoms with van der Waals surface area (Å²) in [6, 6.07) is 4.93. The van der Waals surface area contributed by atoms with Crippen LogP contribution in [-0.4, -0.2) is 37.8 Å². The Labute approximate surface area is 155 Å². The highest BCUT2D eigenvalue weighted by Gasteiger charge is 2.21. The van der Waals surface area contributed by atoms with Crippen LogP contribution in [-0.2, 0) is 16.1 Å². The van der Waals surface area contributed by atoms with Gasteiger partial charge in [0.25, 0.3) is 5.91 Å². The van der Waals surface area contributed by atoms with Crippen molar-refractivity contribution in [1.29, 1.82) is 0 Å². The molecule has 7 nitrogen and oxygen atoms in total. The summed E-state index contributed by atoms with van der Waals surface area (Å²) >= 11 is 1.31. The Morgan fingerprint density at radius 2 is 1.92 bits per heavy atom. The molecule has 0 aliphatic heterocycles. The smallest absolute Gasteiger partial charge is 0.341 e. The summed E-state index contributed by atoms with van der Waals surface area (Å²) in [4.78, 5) is 25.1. The van der Waals surface area contributed by atoms with Crippen LogP contribution in [0.4, 0.5) is 5.00 Å². The molecular formula is C18H21NO6S. The molecule has 0 radical (unpaired) electrons. The maximum atomic E-state index is 12.2. The topological polar surface area (TPSA) is 94.1 Å². The van der Waals surface area contributed by atoms with Gasteiger partial charge in [-0.2, -0.15) is 0 Å². The zero-order chi connectivity index (χ0) is 19.3. The van der Waals surface area contributed by atoms with E-state index >= 15 is 0 Å². The Hall–Kier alpha value is -2.58. The number of carbonyl (C=O) groups excluding carboxylic acids is 2. The minimum atomic E-state index is -0.496. The number of nitrogens with one attached hydrogen (secondary N) is 1. The number of aryl methyl sites for hydroxylation is 1. The molecule has 0 saturated heterocycles. The van der Waals surface area contributed by atoms with E-state index < -0.39 is 11.9 Å². The van der Waals surface area contributed by atoms with Crippen molar-refractivity contribution in [3.8, 4) is 11.5 Å². The van der Waals surface area contributed by atoms with Gasteiger partial charge in [-0.05, 0) is 37.1 Å². The number of rotatable bonds is 7. The molecule has 26 heavy (non-hydrogen) atoms. The van der Waals surface area contributed by atoms with E-state index in [1.807, 2.05) is 6.92 Å². The van der Waals surface area contributed by atoms with E-state index in [-0.39, 0.29) is 13.2 Å². The van der Waals surface area contributed by atoms with Gasteiger partial charge in [0.1, 0.15) is 5.00 Å². The van der Waals surface area contributed by atoms with Crippen molar-refractivity contribution in [2.75, 3.05) is 26.1 Å². The van der Waals surface area contributed by atoms with Crippen molar-refractivity contribution in [2.45, 2.75) is 20.5 Å². The molecule has 1 heterocycles. The molecule has 0 fully saturated rings. The van der Waals surface area contributed by atoms with Crippen molar-refractivity contribution in [3.63, 3.8) is 0 Å². The maximum Gasteiger partial charge on any atom is 0.341 e.